The van der Waals surface area contributed by atoms with Crippen molar-refractivity contribution in [2.24, 2.45) is 0 Å². The molecular weight excluding hydrogens is 346 g/mol. The first kappa shape index (κ1) is 16.2. The highest BCUT2D eigenvalue weighted by atomic mass is 32.2. The van der Waals surface area contributed by atoms with Gasteiger partial charge in [-0.2, -0.15) is 23.1 Å². The molecule has 0 unspecified atom stereocenters. The summed E-state index contributed by atoms with van der Waals surface area (Å²) >= 11 is 5.16. The van der Waals surface area contributed by atoms with Crippen molar-refractivity contribution in [1.82, 2.24) is 4.98 Å². The number of rotatable bonds is 6. The Labute approximate surface area is 147 Å². The van der Waals surface area contributed by atoms with Crippen molar-refractivity contribution in [2.75, 3.05) is 7.11 Å². The molecule has 0 aliphatic heterocycles. The van der Waals surface area contributed by atoms with E-state index < -0.39 is 0 Å². The van der Waals surface area contributed by atoms with Gasteiger partial charge < -0.3 is 4.74 Å². The fraction of sp³-hybridized carbons (Fsp3) is 0.176. The van der Waals surface area contributed by atoms with Gasteiger partial charge in [0.15, 0.2) is 0 Å². The second-order valence-electron chi connectivity index (χ2n) is 4.84. The van der Waals surface area contributed by atoms with Crippen LogP contribution in [-0.2, 0) is 16.2 Å². The van der Waals surface area contributed by atoms with E-state index >= 15 is 0 Å². The molecule has 0 radical (unpaired) electrons. The quantitative estimate of drug-likeness (QED) is 0.573. The van der Waals surface area contributed by atoms with Crippen molar-refractivity contribution in [3.8, 4) is 10.6 Å². The third kappa shape index (κ3) is 4.22. The molecule has 23 heavy (non-hydrogen) atoms. The molecule has 2 aromatic heterocycles. The zero-order valence-electron chi connectivity index (χ0n) is 12.5. The van der Waals surface area contributed by atoms with Gasteiger partial charge in [0, 0.05) is 27.8 Å². The summed E-state index contributed by atoms with van der Waals surface area (Å²) in [5.74, 6) is 1.41. The zero-order chi connectivity index (χ0) is 16.1. The molecule has 118 valence electrons. The Kier molecular flexibility index (Phi) is 5.48. The number of nitrogens with zero attached hydrogens (tertiary/aromatic N) is 1. The third-order valence-electron chi connectivity index (χ3n) is 3.19. The second-order valence-corrected chi connectivity index (χ2v) is 7.46. The van der Waals surface area contributed by atoms with Crippen molar-refractivity contribution in [3.05, 3.63) is 63.3 Å². The Morgan fingerprint density at radius 2 is 2.17 bits per heavy atom. The van der Waals surface area contributed by atoms with Crippen LogP contribution in [-0.4, -0.2) is 18.1 Å². The van der Waals surface area contributed by atoms with Crippen LogP contribution >= 0.6 is 34.4 Å². The number of aromatic nitrogens is 1. The van der Waals surface area contributed by atoms with Crippen LogP contribution in [0.3, 0.4) is 0 Å². The maximum absolute atomic E-state index is 11.5. The van der Waals surface area contributed by atoms with Crippen LogP contribution in [0.25, 0.3) is 10.6 Å². The van der Waals surface area contributed by atoms with Crippen molar-refractivity contribution in [2.45, 2.75) is 11.5 Å². The summed E-state index contributed by atoms with van der Waals surface area (Å²) in [7, 11) is 1.40. The van der Waals surface area contributed by atoms with E-state index in [0.717, 1.165) is 27.8 Å². The number of esters is 1. The molecule has 0 saturated carbocycles. The lowest BCUT2D eigenvalue weighted by Crippen LogP contribution is -2.01. The first-order valence-electron chi connectivity index (χ1n) is 6.98. The topological polar surface area (TPSA) is 39.2 Å². The Hall–Kier alpha value is -1.63. The lowest BCUT2D eigenvalue weighted by Gasteiger charge is -2.03. The molecule has 0 fully saturated rings. The summed E-state index contributed by atoms with van der Waals surface area (Å²) in [6.45, 7) is 0. The van der Waals surface area contributed by atoms with Crippen LogP contribution in [0.2, 0.25) is 0 Å². The predicted octanol–water partition coefficient (Wildman–Crippen LogP) is 5.09. The maximum Gasteiger partial charge on any atom is 0.337 e. The number of methoxy groups -OCH3 is 1. The van der Waals surface area contributed by atoms with E-state index in [9.17, 15) is 4.79 Å². The van der Waals surface area contributed by atoms with Crippen LogP contribution in [0.15, 0.2) is 46.5 Å². The predicted molar refractivity (Wildman–Crippen MR) is 98.2 cm³/mol. The summed E-state index contributed by atoms with van der Waals surface area (Å²) in [5.41, 5.74) is 4.01. The lowest BCUT2D eigenvalue weighted by atomic mass is 10.1. The number of hydrogen-bond donors (Lipinski definition) is 0. The van der Waals surface area contributed by atoms with Gasteiger partial charge in [-0.3, -0.25) is 0 Å². The number of hydrogen-bond acceptors (Lipinski definition) is 6. The van der Waals surface area contributed by atoms with Crippen LogP contribution < -0.4 is 0 Å². The molecule has 3 aromatic rings. The van der Waals surface area contributed by atoms with Gasteiger partial charge in [-0.05, 0) is 29.1 Å². The molecule has 3 nitrogen and oxygen atoms in total. The number of benzene rings is 1. The Balaban J connectivity index is 1.56. The smallest absolute Gasteiger partial charge is 0.337 e. The van der Waals surface area contributed by atoms with E-state index in [-0.39, 0.29) is 5.97 Å². The van der Waals surface area contributed by atoms with Crippen LogP contribution in [0.4, 0.5) is 0 Å². The van der Waals surface area contributed by atoms with Gasteiger partial charge in [-0.25, -0.2) is 9.78 Å². The maximum atomic E-state index is 11.5. The minimum atomic E-state index is -0.295. The zero-order valence-corrected chi connectivity index (χ0v) is 15.0. The Morgan fingerprint density at radius 1 is 1.26 bits per heavy atom. The van der Waals surface area contributed by atoms with Gasteiger partial charge in [0.25, 0.3) is 0 Å². The van der Waals surface area contributed by atoms with Crippen molar-refractivity contribution >= 4 is 40.4 Å². The number of thioether (sulfide) groups is 1. The first-order valence-corrected chi connectivity index (χ1v) is 9.96. The van der Waals surface area contributed by atoms with E-state index in [0.29, 0.717) is 5.56 Å². The molecule has 0 aliphatic rings. The van der Waals surface area contributed by atoms with Gasteiger partial charge >= 0.3 is 5.97 Å². The van der Waals surface area contributed by atoms with E-state index in [1.807, 2.05) is 18.2 Å². The molecule has 6 heteroatoms. The number of thiophene rings is 1. The second kappa shape index (κ2) is 7.77. The van der Waals surface area contributed by atoms with Gasteiger partial charge in [-0.15, -0.1) is 11.3 Å². The molecule has 1 aromatic carbocycles. The molecule has 0 saturated heterocycles. The van der Waals surface area contributed by atoms with E-state index in [1.54, 1.807) is 40.5 Å². The lowest BCUT2D eigenvalue weighted by molar-refractivity contribution is 0.0600. The SMILES string of the molecule is COC(=O)c1cccc(CSCc2csc(-c3ccsc3)n2)c1. The molecule has 0 N–H and O–H groups in total. The molecule has 0 spiro atoms. The molecular formula is C17H15NO2S3. The highest BCUT2D eigenvalue weighted by Crippen LogP contribution is 2.27. The van der Waals surface area contributed by atoms with E-state index in [1.165, 1.54) is 12.7 Å². The van der Waals surface area contributed by atoms with Gasteiger partial charge in [0.1, 0.15) is 5.01 Å². The summed E-state index contributed by atoms with van der Waals surface area (Å²) < 4.78 is 4.75. The standard InChI is InChI=1S/C17H15NO2S3/c1-20-17(19)13-4-2-3-12(7-13)8-22-10-15-11-23-16(18-15)14-5-6-21-9-14/h2-7,9,11H,8,10H2,1H3. The normalized spacial score (nSPS) is 10.7. The van der Waals surface area contributed by atoms with Gasteiger partial charge in [0.2, 0.25) is 0 Å². The minimum Gasteiger partial charge on any atom is -0.465 e. The van der Waals surface area contributed by atoms with Crippen molar-refractivity contribution < 1.29 is 9.53 Å². The fourth-order valence-electron chi connectivity index (χ4n) is 2.07. The molecule has 2 heterocycles. The Bertz CT molecular complexity index is 781. The Morgan fingerprint density at radius 3 is 2.96 bits per heavy atom. The summed E-state index contributed by atoms with van der Waals surface area (Å²) in [6, 6.07) is 9.67. The van der Waals surface area contributed by atoms with Crippen LogP contribution in [0.1, 0.15) is 21.6 Å². The van der Waals surface area contributed by atoms with Crippen LogP contribution in [0.5, 0.6) is 0 Å². The third-order valence-corrected chi connectivity index (χ3v) is 5.85. The molecule has 3 rings (SSSR count). The average molecular weight is 362 g/mol. The first-order chi connectivity index (χ1) is 11.3. The summed E-state index contributed by atoms with van der Waals surface area (Å²) in [4.78, 5) is 16.2. The monoisotopic (exact) mass is 361 g/mol. The largest absolute Gasteiger partial charge is 0.465 e. The van der Waals surface area contributed by atoms with E-state index in [2.05, 4.69) is 27.2 Å². The molecule has 0 amide bonds. The highest BCUT2D eigenvalue weighted by Gasteiger charge is 2.07. The van der Waals surface area contributed by atoms with Gasteiger partial charge in [-0.1, -0.05) is 12.1 Å². The average Bonchev–Trinajstić information content (AvgIpc) is 3.25. The van der Waals surface area contributed by atoms with Gasteiger partial charge in [0.05, 0.1) is 18.4 Å². The highest BCUT2D eigenvalue weighted by molar-refractivity contribution is 7.97. The number of carbonyl (C=O) groups is 1. The van der Waals surface area contributed by atoms with E-state index in [4.69, 9.17) is 4.74 Å². The van der Waals surface area contributed by atoms with Crippen molar-refractivity contribution in [1.29, 1.82) is 0 Å². The van der Waals surface area contributed by atoms with Crippen molar-refractivity contribution in [3.63, 3.8) is 0 Å². The molecule has 0 bridgehead atoms. The molecule has 0 aliphatic carbocycles. The number of carbonyl (C=O) groups excluding carboxylic acids is 1. The van der Waals surface area contributed by atoms with Crippen LogP contribution in [0, 0.1) is 0 Å². The summed E-state index contributed by atoms with van der Waals surface area (Å²) in [5, 5.41) is 7.38. The minimum absolute atomic E-state index is 0.295. The number of thiazole rings is 1. The summed E-state index contributed by atoms with van der Waals surface area (Å²) in [6.07, 6.45) is 0. The fourth-order valence-corrected chi connectivity index (χ4v) is 4.58. The molecule has 0 atom stereocenters. The number of ether oxygens (including phenoxy) is 1.